The summed E-state index contributed by atoms with van der Waals surface area (Å²) in [5.74, 6) is 0.351. The quantitative estimate of drug-likeness (QED) is 0.175. The van der Waals surface area contributed by atoms with Crippen molar-refractivity contribution in [1.82, 2.24) is 10.3 Å². The fourth-order valence-corrected chi connectivity index (χ4v) is 4.80. The van der Waals surface area contributed by atoms with E-state index < -0.39 is 23.7 Å². The topological polar surface area (TPSA) is 86.8 Å². The maximum Gasteiger partial charge on any atom is 0.408 e. The number of hydrogen-bond donors (Lipinski definition) is 1. The van der Waals surface area contributed by atoms with Crippen molar-refractivity contribution in [3.05, 3.63) is 59.5 Å². The van der Waals surface area contributed by atoms with Crippen LogP contribution in [0.5, 0.6) is 5.75 Å². The lowest BCUT2D eigenvalue weighted by atomic mass is 10.0. The second kappa shape index (κ2) is 14.7. The molecule has 1 heterocycles. The maximum atomic E-state index is 12.3. The average molecular weight is 553 g/mol. The van der Waals surface area contributed by atoms with Gasteiger partial charge in [0.15, 0.2) is 0 Å². The molecule has 0 unspecified atom stereocenters. The second-order valence-corrected chi connectivity index (χ2v) is 11.3. The van der Waals surface area contributed by atoms with Crippen LogP contribution in [0.1, 0.15) is 65.4 Å². The number of carbonyl (C=O) groups is 2. The number of thiazole rings is 1. The lowest BCUT2D eigenvalue weighted by Gasteiger charge is -2.22. The summed E-state index contributed by atoms with van der Waals surface area (Å²) in [6.45, 7) is 8.27. The number of alkyl carbamates (subject to hydrolysis) is 1. The van der Waals surface area contributed by atoms with E-state index in [4.69, 9.17) is 19.2 Å². The van der Waals surface area contributed by atoms with Crippen LogP contribution in [0.2, 0.25) is 0 Å². The molecule has 0 saturated carbocycles. The molecular formula is C31H40N2O5S. The van der Waals surface area contributed by atoms with Gasteiger partial charge in [-0.15, -0.1) is 11.3 Å². The third-order valence-corrected chi connectivity index (χ3v) is 6.88. The first-order chi connectivity index (χ1) is 18.7. The van der Waals surface area contributed by atoms with Crippen LogP contribution in [0, 0.1) is 0 Å². The van der Waals surface area contributed by atoms with Crippen molar-refractivity contribution in [1.29, 1.82) is 0 Å². The molecule has 0 fully saturated rings. The van der Waals surface area contributed by atoms with Gasteiger partial charge >= 0.3 is 12.1 Å². The molecule has 2 aromatic carbocycles. The Morgan fingerprint density at radius 3 is 2.26 bits per heavy atom. The number of hydrogen-bond acceptors (Lipinski definition) is 7. The number of carbonyl (C=O) groups excluding carboxylic acids is 2. The summed E-state index contributed by atoms with van der Waals surface area (Å²) in [5, 5.41) is 5.56. The first kappa shape index (κ1) is 30.2. The van der Waals surface area contributed by atoms with Crippen molar-refractivity contribution >= 4 is 23.4 Å². The average Bonchev–Trinajstić information content (AvgIpc) is 3.40. The number of nitrogens with one attached hydrogen (secondary N) is 1. The fourth-order valence-electron chi connectivity index (χ4n) is 3.96. The Labute approximate surface area is 235 Å². The number of esters is 1. The number of nitrogens with zero attached hydrogens (tertiary/aromatic N) is 1. The van der Waals surface area contributed by atoms with Crippen LogP contribution in [0.4, 0.5) is 4.79 Å². The summed E-state index contributed by atoms with van der Waals surface area (Å²) in [6, 6.07) is 15.0. The molecular weight excluding hydrogens is 512 g/mol. The van der Waals surface area contributed by atoms with E-state index in [0.29, 0.717) is 0 Å². The zero-order valence-electron chi connectivity index (χ0n) is 23.6. The lowest BCUT2D eigenvalue weighted by molar-refractivity contribution is -0.143. The summed E-state index contributed by atoms with van der Waals surface area (Å²) in [6.07, 6.45) is 5.72. The fraction of sp³-hybridized carbons (Fsp3) is 0.452. The molecule has 210 valence electrons. The third kappa shape index (κ3) is 10.0. The van der Waals surface area contributed by atoms with Crippen molar-refractivity contribution < 1.29 is 23.8 Å². The number of aromatic nitrogens is 1. The van der Waals surface area contributed by atoms with Gasteiger partial charge in [-0.1, -0.05) is 56.9 Å². The molecule has 0 spiro atoms. The van der Waals surface area contributed by atoms with Crippen LogP contribution in [0.15, 0.2) is 53.9 Å². The van der Waals surface area contributed by atoms with E-state index in [1.807, 2.05) is 53.9 Å². The van der Waals surface area contributed by atoms with Gasteiger partial charge in [0, 0.05) is 22.9 Å². The number of amides is 1. The normalized spacial score (nSPS) is 12.0. The molecule has 1 N–H and O–H groups in total. The number of benzene rings is 2. The van der Waals surface area contributed by atoms with Crippen LogP contribution < -0.4 is 10.1 Å². The van der Waals surface area contributed by atoms with E-state index in [-0.39, 0.29) is 6.42 Å². The van der Waals surface area contributed by atoms with Gasteiger partial charge in [-0.25, -0.2) is 14.6 Å². The molecule has 7 nitrogen and oxygen atoms in total. The Balaban J connectivity index is 1.58. The minimum Gasteiger partial charge on any atom is -0.494 e. The molecule has 1 amide bonds. The summed E-state index contributed by atoms with van der Waals surface area (Å²) >= 11 is 1.58. The Bertz CT molecular complexity index is 1180. The number of methoxy groups -OCH3 is 1. The molecule has 0 bridgehead atoms. The van der Waals surface area contributed by atoms with Crippen LogP contribution in [-0.2, 0) is 20.7 Å². The van der Waals surface area contributed by atoms with Gasteiger partial charge in [0.25, 0.3) is 0 Å². The predicted octanol–water partition coefficient (Wildman–Crippen LogP) is 7.44. The second-order valence-electron chi connectivity index (χ2n) is 10.4. The zero-order chi connectivity index (χ0) is 28.3. The Morgan fingerprint density at radius 2 is 1.62 bits per heavy atom. The Morgan fingerprint density at radius 1 is 0.949 bits per heavy atom. The third-order valence-electron chi connectivity index (χ3n) is 5.99. The Kier molecular flexibility index (Phi) is 11.3. The highest BCUT2D eigenvalue weighted by Crippen LogP contribution is 2.30. The van der Waals surface area contributed by atoms with Gasteiger partial charge in [-0.3, -0.25) is 0 Å². The van der Waals surface area contributed by atoms with E-state index in [9.17, 15) is 9.59 Å². The molecule has 0 saturated heterocycles. The highest BCUT2D eigenvalue weighted by Gasteiger charge is 2.25. The number of ether oxygens (including phenoxy) is 3. The first-order valence-electron chi connectivity index (χ1n) is 13.5. The van der Waals surface area contributed by atoms with E-state index in [2.05, 4.69) is 12.2 Å². The minimum atomic E-state index is -0.852. The molecule has 39 heavy (non-hydrogen) atoms. The Hall–Kier alpha value is -3.39. The monoisotopic (exact) mass is 552 g/mol. The minimum absolute atomic E-state index is 0.280. The zero-order valence-corrected chi connectivity index (χ0v) is 24.4. The predicted molar refractivity (Wildman–Crippen MR) is 156 cm³/mol. The van der Waals surface area contributed by atoms with Gasteiger partial charge in [0.05, 0.1) is 19.4 Å². The van der Waals surface area contributed by atoms with Crippen LogP contribution in [0.3, 0.4) is 0 Å². The van der Waals surface area contributed by atoms with E-state index in [1.54, 1.807) is 32.1 Å². The first-order valence-corrected chi connectivity index (χ1v) is 14.4. The maximum absolute atomic E-state index is 12.3. The largest absolute Gasteiger partial charge is 0.494 e. The van der Waals surface area contributed by atoms with E-state index in [1.165, 1.54) is 32.8 Å². The smallest absolute Gasteiger partial charge is 0.408 e. The van der Waals surface area contributed by atoms with Gasteiger partial charge in [0.1, 0.15) is 22.4 Å². The SMILES string of the molecule is CCCCCCCOc1ccc(-c2csc(-c3ccc(C[C@H](NC(=O)OC(C)(C)C)C(=O)OC)cc3)n2)cc1. The van der Waals surface area contributed by atoms with E-state index in [0.717, 1.165) is 46.2 Å². The van der Waals surface area contributed by atoms with Crippen molar-refractivity contribution in [3.63, 3.8) is 0 Å². The summed E-state index contributed by atoms with van der Waals surface area (Å²) in [5.41, 5.74) is 3.15. The van der Waals surface area contributed by atoms with Crippen molar-refractivity contribution in [2.45, 2.75) is 77.9 Å². The summed E-state index contributed by atoms with van der Waals surface area (Å²) in [7, 11) is 1.30. The molecule has 1 aromatic heterocycles. The molecule has 0 aliphatic rings. The summed E-state index contributed by atoms with van der Waals surface area (Å²) < 4.78 is 16.0. The number of rotatable bonds is 13. The molecule has 0 radical (unpaired) electrons. The molecule has 3 rings (SSSR count). The molecule has 3 aromatic rings. The lowest BCUT2D eigenvalue weighted by Crippen LogP contribution is -2.45. The van der Waals surface area contributed by atoms with Crippen molar-refractivity contribution in [2.75, 3.05) is 13.7 Å². The number of unbranched alkanes of at least 4 members (excludes halogenated alkanes) is 4. The van der Waals surface area contributed by atoms with Crippen LogP contribution >= 0.6 is 11.3 Å². The highest BCUT2D eigenvalue weighted by atomic mass is 32.1. The van der Waals surface area contributed by atoms with Gasteiger partial charge in [-0.2, -0.15) is 0 Å². The molecule has 8 heteroatoms. The van der Waals surface area contributed by atoms with Crippen LogP contribution in [-0.4, -0.2) is 42.4 Å². The van der Waals surface area contributed by atoms with Gasteiger partial charge in [-0.05, 0) is 57.0 Å². The molecule has 1 atom stereocenters. The van der Waals surface area contributed by atoms with Crippen LogP contribution in [0.25, 0.3) is 21.8 Å². The van der Waals surface area contributed by atoms with Gasteiger partial charge in [0.2, 0.25) is 0 Å². The standard InChI is InChI=1S/C31H40N2O5S/c1-6-7-8-9-10-19-37-25-17-15-23(16-18-25)27-21-39-28(32-27)24-13-11-22(12-14-24)20-26(29(34)36-5)33-30(35)38-31(2,3)4/h11-18,21,26H,6-10,19-20H2,1-5H3,(H,33,35)/t26-/m0/s1. The molecule has 0 aliphatic carbocycles. The van der Waals surface area contributed by atoms with Crippen molar-refractivity contribution in [3.8, 4) is 27.6 Å². The van der Waals surface area contributed by atoms with E-state index >= 15 is 0 Å². The molecule has 0 aliphatic heterocycles. The summed E-state index contributed by atoms with van der Waals surface area (Å²) in [4.78, 5) is 29.3. The van der Waals surface area contributed by atoms with Crippen molar-refractivity contribution in [2.24, 2.45) is 0 Å². The van der Waals surface area contributed by atoms with Gasteiger partial charge < -0.3 is 19.5 Å². The highest BCUT2D eigenvalue weighted by molar-refractivity contribution is 7.13.